The van der Waals surface area contributed by atoms with Crippen LogP contribution in [0.5, 0.6) is 0 Å². The van der Waals surface area contributed by atoms with Crippen LogP contribution in [0.2, 0.25) is 10.0 Å². The summed E-state index contributed by atoms with van der Waals surface area (Å²) < 4.78 is 5.74. The lowest BCUT2D eigenvalue weighted by atomic mass is 10.2. The number of benzene rings is 3. The quantitative estimate of drug-likeness (QED) is 0.319. The molecule has 144 valence electrons. The molecule has 0 aliphatic rings. The van der Waals surface area contributed by atoms with E-state index in [1.54, 1.807) is 36.4 Å². The standard InChI is InChI=1S/C20H11Cl2N3O4/c21-15-3-1-2-14(18(15)22)20-24-16-10-12(6-9-17(16)29-20)23-19(26)11-4-7-13(8-5-11)25(27)28/h1-10H,(H,23,26). The summed E-state index contributed by atoms with van der Waals surface area (Å²) in [7, 11) is 0. The van der Waals surface area contributed by atoms with Gasteiger partial charge in [-0.3, -0.25) is 14.9 Å². The van der Waals surface area contributed by atoms with Crippen molar-refractivity contribution in [2.24, 2.45) is 0 Å². The average Bonchev–Trinajstić information content (AvgIpc) is 3.13. The van der Waals surface area contributed by atoms with Gasteiger partial charge in [0.2, 0.25) is 5.89 Å². The smallest absolute Gasteiger partial charge is 0.269 e. The van der Waals surface area contributed by atoms with Crippen molar-refractivity contribution in [2.75, 3.05) is 5.32 Å². The molecule has 1 aromatic heterocycles. The number of nitrogens with one attached hydrogen (secondary N) is 1. The topological polar surface area (TPSA) is 98.3 Å². The highest BCUT2D eigenvalue weighted by Crippen LogP contribution is 2.34. The molecule has 0 radical (unpaired) electrons. The van der Waals surface area contributed by atoms with Gasteiger partial charge in [-0.15, -0.1) is 0 Å². The van der Waals surface area contributed by atoms with E-state index in [4.69, 9.17) is 27.6 Å². The molecule has 0 bridgehead atoms. The maximum Gasteiger partial charge on any atom is 0.269 e. The number of non-ortho nitro benzene ring substituents is 1. The minimum atomic E-state index is -0.524. The lowest BCUT2D eigenvalue weighted by Gasteiger charge is -2.04. The zero-order valence-electron chi connectivity index (χ0n) is 14.6. The van der Waals surface area contributed by atoms with Crippen molar-refractivity contribution in [3.63, 3.8) is 0 Å². The molecular weight excluding hydrogens is 417 g/mol. The fourth-order valence-corrected chi connectivity index (χ4v) is 3.11. The van der Waals surface area contributed by atoms with Gasteiger partial charge in [0.05, 0.1) is 20.5 Å². The number of amides is 1. The highest BCUT2D eigenvalue weighted by Gasteiger charge is 2.15. The van der Waals surface area contributed by atoms with Crippen molar-refractivity contribution in [3.8, 4) is 11.5 Å². The Morgan fingerprint density at radius 1 is 1.07 bits per heavy atom. The second kappa shape index (κ2) is 7.54. The normalized spacial score (nSPS) is 10.8. The molecular formula is C20H11Cl2N3O4. The third kappa shape index (κ3) is 3.78. The van der Waals surface area contributed by atoms with Gasteiger partial charge in [0.15, 0.2) is 5.58 Å². The number of anilines is 1. The number of fused-ring (bicyclic) bond motifs is 1. The molecule has 1 N–H and O–H groups in total. The Morgan fingerprint density at radius 2 is 1.83 bits per heavy atom. The van der Waals surface area contributed by atoms with Crippen LogP contribution in [0.1, 0.15) is 10.4 Å². The SMILES string of the molecule is O=C(Nc1ccc2oc(-c3cccc(Cl)c3Cl)nc2c1)c1ccc([N+](=O)[O-])cc1. The van der Waals surface area contributed by atoms with Crippen LogP contribution in [-0.2, 0) is 0 Å². The Morgan fingerprint density at radius 3 is 2.55 bits per heavy atom. The predicted molar refractivity (Wildman–Crippen MR) is 111 cm³/mol. The summed E-state index contributed by atoms with van der Waals surface area (Å²) in [4.78, 5) is 27.0. The minimum absolute atomic E-state index is 0.0854. The molecule has 0 atom stereocenters. The summed E-state index contributed by atoms with van der Waals surface area (Å²) in [5.41, 5.74) is 2.31. The first-order valence-corrected chi connectivity index (χ1v) is 9.09. The monoisotopic (exact) mass is 427 g/mol. The number of nitrogens with zero attached hydrogens (tertiary/aromatic N) is 2. The number of nitro groups is 1. The molecule has 4 aromatic rings. The van der Waals surface area contributed by atoms with Crippen molar-refractivity contribution in [3.05, 3.63) is 86.4 Å². The number of hydrogen-bond acceptors (Lipinski definition) is 5. The average molecular weight is 428 g/mol. The molecule has 29 heavy (non-hydrogen) atoms. The summed E-state index contributed by atoms with van der Waals surface area (Å²) in [6.45, 7) is 0. The van der Waals surface area contributed by atoms with E-state index < -0.39 is 10.8 Å². The molecule has 7 nitrogen and oxygen atoms in total. The Labute approximate surface area is 174 Å². The second-order valence-electron chi connectivity index (χ2n) is 6.06. The molecule has 0 spiro atoms. The fourth-order valence-electron chi connectivity index (χ4n) is 2.73. The van der Waals surface area contributed by atoms with Gasteiger partial charge < -0.3 is 9.73 Å². The predicted octanol–water partition coefficient (Wildman–Crippen LogP) is 5.96. The second-order valence-corrected chi connectivity index (χ2v) is 6.85. The first-order valence-electron chi connectivity index (χ1n) is 8.33. The molecule has 3 aromatic carbocycles. The summed E-state index contributed by atoms with van der Waals surface area (Å²) in [5, 5.41) is 14.2. The van der Waals surface area contributed by atoms with Crippen LogP contribution in [0.25, 0.3) is 22.6 Å². The number of hydrogen-bond donors (Lipinski definition) is 1. The lowest BCUT2D eigenvalue weighted by Crippen LogP contribution is -2.11. The fraction of sp³-hybridized carbons (Fsp3) is 0. The van der Waals surface area contributed by atoms with E-state index in [0.29, 0.717) is 43.9 Å². The number of halogens is 2. The van der Waals surface area contributed by atoms with Crippen molar-refractivity contribution in [1.82, 2.24) is 4.98 Å². The first-order chi connectivity index (χ1) is 13.9. The highest BCUT2D eigenvalue weighted by molar-refractivity contribution is 6.43. The van der Waals surface area contributed by atoms with Gasteiger partial charge in [0.25, 0.3) is 11.6 Å². The Kier molecular flexibility index (Phi) is 4.92. The van der Waals surface area contributed by atoms with Gasteiger partial charge in [-0.25, -0.2) is 4.98 Å². The number of nitro benzene ring substituents is 1. The zero-order valence-corrected chi connectivity index (χ0v) is 16.1. The maximum atomic E-state index is 12.4. The van der Waals surface area contributed by atoms with Crippen LogP contribution in [-0.4, -0.2) is 15.8 Å². The van der Waals surface area contributed by atoms with Crippen LogP contribution in [0.15, 0.2) is 65.1 Å². The van der Waals surface area contributed by atoms with Gasteiger partial charge >= 0.3 is 0 Å². The molecule has 0 saturated carbocycles. The summed E-state index contributed by atoms with van der Waals surface area (Å²) in [5.74, 6) is -0.0906. The van der Waals surface area contributed by atoms with E-state index in [2.05, 4.69) is 10.3 Å². The van der Waals surface area contributed by atoms with Gasteiger partial charge in [-0.1, -0.05) is 29.3 Å². The van der Waals surface area contributed by atoms with E-state index in [-0.39, 0.29) is 5.69 Å². The largest absolute Gasteiger partial charge is 0.436 e. The molecule has 0 fully saturated rings. The van der Waals surface area contributed by atoms with Crippen molar-refractivity contribution < 1.29 is 14.1 Å². The van der Waals surface area contributed by atoms with Crippen molar-refractivity contribution in [2.45, 2.75) is 0 Å². The molecule has 1 amide bonds. The molecule has 0 aliphatic heterocycles. The van der Waals surface area contributed by atoms with Crippen LogP contribution < -0.4 is 5.32 Å². The minimum Gasteiger partial charge on any atom is -0.436 e. The van der Waals surface area contributed by atoms with Gasteiger partial charge in [0, 0.05) is 23.4 Å². The van der Waals surface area contributed by atoms with Gasteiger partial charge in [-0.05, 0) is 42.5 Å². The third-order valence-electron chi connectivity index (χ3n) is 4.17. The maximum absolute atomic E-state index is 12.4. The number of carbonyl (C=O) groups excluding carboxylic acids is 1. The Bertz CT molecular complexity index is 1250. The zero-order chi connectivity index (χ0) is 20.5. The van der Waals surface area contributed by atoms with E-state index in [1.165, 1.54) is 24.3 Å². The number of aromatic nitrogens is 1. The molecule has 4 rings (SSSR count). The summed E-state index contributed by atoms with van der Waals surface area (Å²) in [6.07, 6.45) is 0. The molecule has 0 aliphatic carbocycles. The molecule has 0 unspecified atom stereocenters. The van der Waals surface area contributed by atoms with Crippen molar-refractivity contribution in [1.29, 1.82) is 0 Å². The molecule has 1 heterocycles. The van der Waals surface area contributed by atoms with Crippen LogP contribution >= 0.6 is 23.2 Å². The van der Waals surface area contributed by atoms with Crippen LogP contribution in [0.3, 0.4) is 0 Å². The molecule has 9 heteroatoms. The van der Waals surface area contributed by atoms with Crippen LogP contribution in [0, 0.1) is 10.1 Å². The first kappa shape index (κ1) is 18.9. The van der Waals surface area contributed by atoms with Crippen molar-refractivity contribution >= 4 is 51.6 Å². The third-order valence-corrected chi connectivity index (χ3v) is 4.99. The molecule has 0 saturated heterocycles. The van der Waals surface area contributed by atoms with E-state index in [1.807, 2.05) is 0 Å². The van der Waals surface area contributed by atoms with Crippen LogP contribution in [0.4, 0.5) is 11.4 Å². The van der Waals surface area contributed by atoms with E-state index in [9.17, 15) is 14.9 Å². The number of oxazole rings is 1. The summed E-state index contributed by atoms with van der Waals surface area (Å²) in [6, 6.07) is 15.5. The van der Waals surface area contributed by atoms with E-state index >= 15 is 0 Å². The van der Waals surface area contributed by atoms with Gasteiger partial charge in [0.1, 0.15) is 5.52 Å². The lowest BCUT2D eigenvalue weighted by molar-refractivity contribution is -0.384. The Balaban J connectivity index is 1.60. The Hall–Kier alpha value is -3.42. The summed E-state index contributed by atoms with van der Waals surface area (Å²) >= 11 is 12.3. The van der Waals surface area contributed by atoms with Gasteiger partial charge in [-0.2, -0.15) is 0 Å². The number of rotatable bonds is 4. The number of carbonyl (C=O) groups is 1. The van der Waals surface area contributed by atoms with E-state index in [0.717, 1.165) is 0 Å². The highest BCUT2D eigenvalue weighted by atomic mass is 35.5.